The van der Waals surface area contributed by atoms with Crippen molar-refractivity contribution in [3.05, 3.63) is 38.3 Å². The summed E-state index contributed by atoms with van der Waals surface area (Å²) in [7, 11) is 0. The average Bonchev–Trinajstić information content (AvgIpc) is 2.43. The zero-order valence-electron chi connectivity index (χ0n) is 10.1. The fourth-order valence-electron chi connectivity index (χ4n) is 1.66. The van der Waals surface area contributed by atoms with Crippen LogP contribution in [0.5, 0.6) is 28.7 Å². The fraction of sp³-hybridized carbons (Fsp3) is 0. The van der Waals surface area contributed by atoms with Gasteiger partial charge in [-0.25, -0.2) is 0 Å². The smallest absolute Gasteiger partial charge is 0.202 e. The van der Waals surface area contributed by atoms with E-state index in [1.807, 2.05) is 0 Å². The average molecular weight is 420 g/mol. The maximum absolute atomic E-state index is 12.4. The van der Waals surface area contributed by atoms with E-state index in [-0.39, 0.29) is 20.1 Å². The van der Waals surface area contributed by atoms with Crippen molar-refractivity contribution in [3.8, 4) is 28.7 Å². The lowest BCUT2D eigenvalue weighted by molar-refractivity contribution is 0.103. The van der Waals surface area contributed by atoms with Gasteiger partial charge in [-0.1, -0.05) is 0 Å². The minimum Gasteiger partial charge on any atom is -0.504 e. The van der Waals surface area contributed by atoms with Gasteiger partial charge in [-0.2, -0.15) is 0 Å². The third-order valence-electron chi connectivity index (χ3n) is 2.75. The molecular weight excluding hydrogens is 412 g/mol. The molecule has 21 heavy (non-hydrogen) atoms. The van der Waals surface area contributed by atoms with Gasteiger partial charge in [-0.3, -0.25) is 4.79 Å². The SMILES string of the molecule is O=C(c1cc(O)c(O)cc1Br)c1cc(Br)c(O)c(O)c1O. The Kier molecular flexibility index (Phi) is 4.02. The molecule has 0 fully saturated rings. The second kappa shape index (κ2) is 5.45. The molecule has 0 unspecified atom stereocenters. The van der Waals surface area contributed by atoms with Crippen LogP contribution in [0.3, 0.4) is 0 Å². The highest BCUT2D eigenvalue weighted by molar-refractivity contribution is 9.10. The van der Waals surface area contributed by atoms with E-state index >= 15 is 0 Å². The van der Waals surface area contributed by atoms with Crippen LogP contribution in [0.2, 0.25) is 0 Å². The summed E-state index contributed by atoms with van der Waals surface area (Å²) < 4.78 is 0.200. The van der Waals surface area contributed by atoms with Gasteiger partial charge < -0.3 is 25.5 Å². The summed E-state index contributed by atoms with van der Waals surface area (Å²) in [5.74, 6) is -3.89. The van der Waals surface area contributed by atoms with Crippen molar-refractivity contribution < 1.29 is 30.3 Å². The molecule has 110 valence electrons. The van der Waals surface area contributed by atoms with Crippen LogP contribution in [0.4, 0.5) is 0 Å². The van der Waals surface area contributed by atoms with E-state index in [4.69, 9.17) is 0 Å². The lowest BCUT2D eigenvalue weighted by atomic mass is 10.0. The largest absolute Gasteiger partial charge is 0.504 e. The van der Waals surface area contributed by atoms with Crippen LogP contribution >= 0.6 is 31.9 Å². The summed E-state index contributed by atoms with van der Waals surface area (Å²) in [5, 5.41) is 47.6. The van der Waals surface area contributed by atoms with Gasteiger partial charge >= 0.3 is 0 Å². The van der Waals surface area contributed by atoms with E-state index in [1.165, 1.54) is 0 Å². The lowest BCUT2D eigenvalue weighted by Crippen LogP contribution is -2.03. The van der Waals surface area contributed by atoms with Crippen LogP contribution in [-0.4, -0.2) is 31.3 Å². The number of rotatable bonds is 2. The van der Waals surface area contributed by atoms with Crippen LogP contribution in [0.15, 0.2) is 27.1 Å². The summed E-state index contributed by atoms with van der Waals surface area (Å²) in [4.78, 5) is 12.4. The zero-order valence-corrected chi connectivity index (χ0v) is 13.3. The molecule has 6 nitrogen and oxygen atoms in total. The molecule has 2 aromatic carbocycles. The first-order valence-electron chi connectivity index (χ1n) is 5.43. The molecule has 2 aromatic rings. The quantitative estimate of drug-likeness (QED) is 0.377. The van der Waals surface area contributed by atoms with Crippen LogP contribution in [0.1, 0.15) is 15.9 Å². The standard InChI is InChI=1S/C13H8Br2O6/c14-6-3-9(17)8(16)2-4(6)10(18)5-1-7(15)12(20)13(21)11(5)19/h1-3,16-17,19-21H. The molecular formula is C13H8Br2O6. The second-order valence-corrected chi connectivity index (χ2v) is 5.81. The Labute approximate surface area is 135 Å². The molecule has 0 saturated heterocycles. The predicted molar refractivity (Wildman–Crippen MR) is 80.0 cm³/mol. The van der Waals surface area contributed by atoms with Gasteiger partial charge in [0.05, 0.1) is 10.0 Å². The van der Waals surface area contributed by atoms with Gasteiger partial charge in [0, 0.05) is 10.0 Å². The molecule has 0 aliphatic rings. The Balaban J connectivity index is 2.64. The summed E-state index contributed by atoms with van der Waals surface area (Å²) in [5.41, 5.74) is -0.333. The number of hydrogen-bond donors (Lipinski definition) is 5. The van der Waals surface area contributed by atoms with Crippen LogP contribution in [-0.2, 0) is 0 Å². The Morgan fingerprint density at radius 3 is 1.90 bits per heavy atom. The number of ketones is 1. The third kappa shape index (κ3) is 2.64. The van der Waals surface area contributed by atoms with Crippen LogP contribution < -0.4 is 0 Å². The molecule has 2 rings (SSSR count). The molecule has 8 heteroatoms. The number of phenolic OH excluding ortho intramolecular Hbond substituents is 5. The Hall–Kier alpha value is -1.93. The molecule has 0 atom stereocenters. The summed E-state index contributed by atoms with van der Waals surface area (Å²) in [6.07, 6.45) is 0. The molecule has 5 N–H and O–H groups in total. The molecule has 0 radical (unpaired) electrons. The van der Waals surface area contributed by atoms with Crippen molar-refractivity contribution in [2.45, 2.75) is 0 Å². The topological polar surface area (TPSA) is 118 Å². The van der Waals surface area contributed by atoms with Crippen molar-refractivity contribution in [1.29, 1.82) is 0 Å². The normalized spacial score (nSPS) is 10.6. The van der Waals surface area contributed by atoms with Gasteiger partial charge in [-0.05, 0) is 50.1 Å². The van der Waals surface area contributed by atoms with Crippen LogP contribution in [0.25, 0.3) is 0 Å². The number of aromatic hydroxyl groups is 5. The molecule has 0 heterocycles. The van der Waals surface area contributed by atoms with E-state index in [0.717, 1.165) is 18.2 Å². The second-order valence-electron chi connectivity index (χ2n) is 4.10. The third-order valence-corrected chi connectivity index (χ3v) is 4.02. The Bertz CT molecular complexity index is 757. The molecule has 0 amide bonds. The first-order valence-corrected chi connectivity index (χ1v) is 7.02. The summed E-state index contributed by atoms with van der Waals surface area (Å²) in [6.45, 7) is 0. The Morgan fingerprint density at radius 1 is 0.714 bits per heavy atom. The van der Waals surface area contributed by atoms with E-state index in [2.05, 4.69) is 31.9 Å². The number of benzene rings is 2. The Morgan fingerprint density at radius 2 is 1.29 bits per heavy atom. The number of hydrogen-bond acceptors (Lipinski definition) is 6. The molecule has 0 saturated carbocycles. The molecule has 0 aliphatic carbocycles. The van der Waals surface area contributed by atoms with Crippen molar-refractivity contribution >= 4 is 37.6 Å². The first-order chi connectivity index (χ1) is 9.73. The molecule has 0 aliphatic heterocycles. The minimum atomic E-state index is -0.841. The minimum absolute atomic E-state index is 0.0141. The van der Waals surface area contributed by atoms with Crippen molar-refractivity contribution in [1.82, 2.24) is 0 Å². The van der Waals surface area contributed by atoms with Gasteiger partial charge in [0.15, 0.2) is 28.8 Å². The fourth-order valence-corrected chi connectivity index (χ4v) is 2.59. The van der Waals surface area contributed by atoms with Gasteiger partial charge in [-0.15, -0.1) is 0 Å². The predicted octanol–water partition coefficient (Wildman–Crippen LogP) is 2.97. The van der Waals surface area contributed by atoms with E-state index in [9.17, 15) is 30.3 Å². The number of carbonyl (C=O) groups is 1. The van der Waals surface area contributed by atoms with Gasteiger partial charge in [0.1, 0.15) is 0 Å². The van der Waals surface area contributed by atoms with Crippen molar-refractivity contribution in [3.63, 3.8) is 0 Å². The first kappa shape index (κ1) is 15.5. The monoisotopic (exact) mass is 418 g/mol. The van der Waals surface area contributed by atoms with E-state index < -0.39 is 34.5 Å². The highest BCUT2D eigenvalue weighted by atomic mass is 79.9. The molecule has 0 aromatic heterocycles. The van der Waals surface area contributed by atoms with E-state index in [1.54, 1.807) is 0 Å². The molecule has 0 bridgehead atoms. The number of phenols is 5. The van der Waals surface area contributed by atoms with Crippen molar-refractivity contribution in [2.24, 2.45) is 0 Å². The maximum Gasteiger partial charge on any atom is 0.202 e. The summed E-state index contributed by atoms with van der Waals surface area (Å²) in [6, 6.07) is 3.26. The maximum atomic E-state index is 12.4. The molecule has 0 spiro atoms. The highest BCUT2D eigenvalue weighted by Gasteiger charge is 2.23. The van der Waals surface area contributed by atoms with Crippen LogP contribution in [0, 0.1) is 0 Å². The van der Waals surface area contributed by atoms with Crippen molar-refractivity contribution in [2.75, 3.05) is 0 Å². The summed E-state index contributed by atoms with van der Waals surface area (Å²) >= 11 is 6.00. The number of halogens is 2. The zero-order chi connectivity index (χ0) is 15.9. The lowest BCUT2D eigenvalue weighted by Gasteiger charge is -2.10. The van der Waals surface area contributed by atoms with Gasteiger partial charge in [0.25, 0.3) is 0 Å². The highest BCUT2D eigenvalue weighted by Crippen LogP contribution is 2.44. The van der Waals surface area contributed by atoms with Gasteiger partial charge in [0.2, 0.25) is 5.75 Å². The van der Waals surface area contributed by atoms with E-state index in [0.29, 0.717) is 0 Å². The number of carbonyl (C=O) groups excluding carboxylic acids is 1.